The zero-order valence-corrected chi connectivity index (χ0v) is 17.0. The molecular formula is C19H27N5O2S. The van der Waals surface area contributed by atoms with Crippen molar-refractivity contribution >= 4 is 17.7 Å². The second kappa shape index (κ2) is 9.21. The molecule has 0 saturated heterocycles. The first-order valence-corrected chi connectivity index (χ1v) is 10.4. The lowest BCUT2D eigenvalue weighted by Gasteiger charge is -2.35. The molecule has 1 aromatic carbocycles. The number of rotatable bonds is 7. The lowest BCUT2D eigenvalue weighted by molar-refractivity contribution is -0.133. The minimum atomic E-state index is -0.258. The highest BCUT2D eigenvalue weighted by Gasteiger charge is 2.29. The number of carbonyl (C=O) groups is 1. The van der Waals surface area contributed by atoms with E-state index in [9.17, 15) is 4.79 Å². The number of amides is 1. The maximum absolute atomic E-state index is 13.1. The Labute approximate surface area is 164 Å². The van der Waals surface area contributed by atoms with Crippen molar-refractivity contribution in [2.75, 3.05) is 13.7 Å². The molecular weight excluding hydrogens is 362 g/mol. The van der Waals surface area contributed by atoms with Crippen LogP contribution in [0.1, 0.15) is 46.0 Å². The Balaban J connectivity index is 1.75. The zero-order valence-electron chi connectivity index (χ0n) is 16.2. The van der Waals surface area contributed by atoms with Gasteiger partial charge in [-0.2, -0.15) is 4.68 Å². The summed E-state index contributed by atoms with van der Waals surface area (Å²) in [5.74, 6) is 0.840. The van der Waals surface area contributed by atoms with Crippen molar-refractivity contribution in [2.24, 2.45) is 0 Å². The van der Waals surface area contributed by atoms with Crippen molar-refractivity contribution in [3.63, 3.8) is 0 Å². The van der Waals surface area contributed by atoms with Crippen molar-refractivity contribution in [3.8, 4) is 11.4 Å². The molecule has 1 saturated carbocycles. The molecule has 0 aliphatic heterocycles. The third-order valence-electron chi connectivity index (χ3n) is 5.02. The molecule has 0 unspecified atom stereocenters. The highest BCUT2D eigenvalue weighted by atomic mass is 32.2. The summed E-state index contributed by atoms with van der Waals surface area (Å²) in [6.07, 6.45) is 5.91. The highest BCUT2D eigenvalue weighted by Crippen LogP contribution is 2.30. The number of carbonyl (C=O) groups excluding carboxylic acids is 1. The van der Waals surface area contributed by atoms with Crippen LogP contribution in [0.4, 0.5) is 0 Å². The minimum Gasteiger partial charge on any atom is -0.494 e. The fourth-order valence-electron chi connectivity index (χ4n) is 3.64. The SMILES string of the molecule is CCN(C(=O)[C@@H](C)Sc1nnnn1-c1ccccc1OC)C1CCCCC1. The number of aromatic nitrogens is 4. The van der Waals surface area contributed by atoms with Crippen LogP contribution < -0.4 is 4.74 Å². The molecule has 146 valence electrons. The largest absolute Gasteiger partial charge is 0.494 e. The molecule has 0 radical (unpaired) electrons. The standard InChI is InChI=1S/C19H27N5O2S/c1-4-23(15-10-6-5-7-11-15)18(25)14(2)27-19-20-21-22-24(19)16-12-8-9-13-17(16)26-3/h8-9,12-15H,4-7,10-11H2,1-3H3/t14-/m1/s1. The van der Waals surface area contributed by atoms with Crippen LogP contribution in [-0.4, -0.2) is 56.0 Å². The molecule has 8 heteroatoms. The Morgan fingerprint density at radius 1 is 1.33 bits per heavy atom. The molecule has 2 aromatic rings. The van der Waals surface area contributed by atoms with Gasteiger partial charge in [-0.25, -0.2) is 0 Å². The molecule has 0 N–H and O–H groups in total. The molecule has 1 aliphatic rings. The van der Waals surface area contributed by atoms with Gasteiger partial charge < -0.3 is 9.64 Å². The summed E-state index contributed by atoms with van der Waals surface area (Å²) in [7, 11) is 1.62. The van der Waals surface area contributed by atoms with Gasteiger partial charge in [0.2, 0.25) is 11.1 Å². The Kier molecular flexibility index (Phi) is 6.71. The van der Waals surface area contributed by atoms with Crippen molar-refractivity contribution in [2.45, 2.75) is 62.4 Å². The second-order valence-electron chi connectivity index (χ2n) is 6.72. The summed E-state index contributed by atoms with van der Waals surface area (Å²) in [5, 5.41) is 12.3. The molecule has 1 fully saturated rings. The summed E-state index contributed by atoms with van der Waals surface area (Å²) in [4.78, 5) is 15.1. The molecule has 7 nitrogen and oxygen atoms in total. The number of thioether (sulfide) groups is 1. The normalized spacial score (nSPS) is 16.1. The second-order valence-corrected chi connectivity index (χ2v) is 8.03. The number of para-hydroxylation sites is 2. The van der Waals surface area contributed by atoms with E-state index in [1.165, 1.54) is 31.0 Å². The number of tetrazole rings is 1. The number of hydrogen-bond acceptors (Lipinski definition) is 6. The first-order valence-electron chi connectivity index (χ1n) is 9.54. The average Bonchev–Trinajstić information content (AvgIpc) is 3.17. The molecule has 1 aliphatic carbocycles. The van der Waals surface area contributed by atoms with Gasteiger partial charge in [-0.15, -0.1) is 5.10 Å². The Bertz CT molecular complexity index is 760. The predicted molar refractivity (Wildman–Crippen MR) is 105 cm³/mol. The molecule has 1 aromatic heterocycles. The van der Waals surface area contributed by atoms with Gasteiger partial charge in [-0.3, -0.25) is 4.79 Å². The van der Waals surface area contributed by atoms with Crippen molar-refractivity contribution < 1.29 is 9.53 Å². The van der Waals surface area contributed by atoms with E-state index in [1.54, 1.807) is 11.8 Å². The number of hydrogen-bond donors (Lipinski definition) is 0. The maximum Gasteiger partial charge on any atom is 0.236 e. The van der Waals surface area contributed by atoms with Crippen LogP contribution >= 0.6 is 11.8 Å². The zero-order chi connectivity index (χ0) is 19.2. The lowest BCUT2D eigenvalue weighted by atomic mass is 9.94. The quantitative estimate of drug-likeness (QED) is 0.676. The first kappa shape index (κ1) is 19.7. The molecule has 1 atom stereocenters. The highest BCUT2D eigenvalue weighted by molar-refractivity contribution is 8.00. The smallest absolute Gasteiger partial charge is 0.236 e. The Morgan fingerprint density at radius 2 is 2.07 bits per heavy atom. The number of ether oxygens (including phenoxy) is 1. The Hall–Kier alpha value is -2.09. The molecule has 0 spiro atoms. The van der Waals surface area contributed by atoms with Gasteiger partial charge >= 0.3 is 0 Å². The molecule has 1 heterocycles. The summed E-state index contributed by atoms with van der Waals surface area (Å²) in [6.45, 7) is 4.73. The maximum atomic E-state index is 13.1. The van der Waals surface area contributed by atoms with Gasteiger partial charge in [0.15, 0.2) is 0 Å². The average molecular weight is 390 g/mol. The fourth-order valence-corrected chi connectivity index (χ4v) is 4.51. The Morgan fingerprint density at radius 3 is 2.78 bits per heavy atom. The van der Waals surface area contributed by atoms with Crippen LogP contribution in [-0.2, 0) is 4.79 Å². The monoisotopic (exact) mass is 389 g/mol. The van der Waals surface area contributed by atoms with E-state index in [4.69, 9.17) is 4.74 Å². The van der Waals surface area contributed by atoms with E-state index >= 15 is 0 Å². The van der Waals surface area contributed by atoms with Crippen LogP contribution in [0.3, 0.4) is 0 Å². The van der Waals surface area contributed by atoms with Crippen LogP contribution in [0.15, 0.2) is 29.4 Å². The third kappa shape index (κ3) is 4.43. The summed E-state index contributed by atoms with van der Waals surface area (Å²) < 4.78 is 7.04. The summed E-state index contributed by atoms with van der Waals surface area (Å²) in [6, 6.07) is 7.93. The number of methoxy groups -OCH3 is 1. The van der Waals surface area contributed by atoms with Crippen molar-refractivity contribution in [3.05, 3.63) is 24.3 Å². The van der Waals surface area contributed by atoms with Gasteiger partial charge in [0, 0.05) is 12.6 Å². The molecule has 1 amide bonds. The number of nitrogens with zero attached hydrogens (tertiary/aromatic N) is 5. The minimum absolute atomic E-state index is 0.156. The van der Waals surface area contributed by atoms with E-state index < -0.39 is 0 Å². The van der Waals surface area contributed by atoms with Gasteiger partial charge in [-0.1, -0.05) is 43.2 Å². The first-order chi connectivity index (χ1) is 13.2. The van der Waals surface area contributed by atoms with Crippen molar-refractivity contribution in [1.29, 1.82) is 0 Å². The van der Waals surface area contributed by atoms with E-state index in [1.807, 2.05) is 36.1 Å². The lowest BCUT2D eigenvalue weighted by Crippen LogP contribution is -2.44. The van der Waals surface area contributed by atoms with E-state index in [0.29, 0.717) is 16.9 Å². The molecule has 0 bridgehead atoms. The predicted octanol–water partition coefficient (Wildman–Crippen LogP) is 3.33. The topological polar surface area (TPSA) is 73.1 Å². The van der Waals surface area contributed by atoms with Crippen LogP contribution in [0, 0.1) is 0 Å². The fraction of sp³-hybridized carbons (Fsp3) is 0.579. The summed E-state index contributed by atoms with van der Waals surface area (Å²) in [5.41, 5.74) is 0.756. The van der Waals surface area contributed by atoms with Crippen LogP contribution in [0.25, 0.3) is 5.69 Å². The number of benzene rings is 1. The van der Waals surface area contributed by atoms with E-state index in [-0.39, 0.29) is 11.2 Å². The van der Waals surface area contributed by atoms with E-state index in [0.717, 1.165) is 25.1 Å². The van der Waals surface area contributed by atoms with Gasteiger partial charge in [-0.05, 0) is 49.2 Å². The van der Waals surface area contributed by atoms with Gasteiger partial charge in [0.25, 0.3) is 0 Å². The van der Waals surface area contributed by atoms with Crippen LogP contribution in [0.2, 0.25) is 0 Å². The molecule has 3 rings (SSSR count). The van der Waals surface area contributed by atoms with Gasteiger partial charge in [0.1, 0.15) is 11.4 Å². The van der Waals surface area contributed by atoms with Gasteiger partial charge in [0.05, 0.1) is 12.4 Å². The summed E-state index contributed by atoms with van der Waals surface area (Å²) >= 11 is 1.39. The third-order valence-corrected chi connectivity index (χ3v) is 6.04. The molecule has 27 heavy (non-hydrogen) atoms. The van der Waals surface area contributed by atoms with Crippen LogP contribution in [0.5, 0.6) is 5.75 Å². The van der Waals surface area contributed by atoms with E-state index in [2.05, 4.69) is 22.4 Å². The van der Waals surface area contributed by atoms with Crippen molar-refractivity contribution in [1.82, 2.24) is 25.1 Å².